The summed E-state index contributed by atoms with van der Waals surface area (Å²) in [5, 5.41) is 6.49. The Kier molecular flexibility index (Phi) is 10.6. The highest BCUT2D eigenvalue weighted by molar-refractivity contribution is 14.0. The molecule has 2 heterocycles. The van der Waals surface area contributed by atoms with Crippen molar-refractivity contribution in [2.24, 2.45) is 4.99 Å². The van der Waals surface area contributed by atoms with Gasteiger partial charge in [-0.2, -0.15) is 13.2 Å². The summed E-state index contributed by atoms with van der Waals surface area (Å²) in [6.45, 7) is 10.0. The lowest BCUT2D eigenvalue weighted by Gasteiger charge is -2.37. The first-order valence-electron chi connectivity index (χ1n) is 9.46. The summed E-state index contributed by atoms with van der Waals surface area (Å²) < 4.78 is 43.0. The van der Waals surface area contributed by atoms with Gasteiger partial charge in [-0.1, -0.05) is 0 Å². The Morgan fingerprint density at radius 2 is 2.07 bits per heavy atom. The van der Waals surface area contributed by atoms with Crippen LogP contribution in [0, 0.1) is 0 Å². The van der Waals surface area contributed by atoms with E-state index >= 15 is 0 Å². The number of rotatable bonds is 6. The molecule has 2 saturated heterocycles. The molecule has 0 aliphatic carbocycles. The molecule has 3 atom stereocenters. The van der Waals surface area contributed by atoms with E-state index in [1.54, 1.807) is 0 Å². The third-order valence-corrected chi connectivity index (χ3v) is 4.86. The van der Waals surface area contributed by atoms with Gasteiger partial charge in [-0.05, 0) is 27.2 Å². The molecule has 6 nitrogen and oxygen atoms in total. The van der Waals surface area contributed by atoms with E-state index in [0.29, 0.717) is 44.6 Å². The van der Waals surface area contributed by atoms with E-state index < -0.39 is 12.7 Å². The van der Waals surface area contributed by atoms with Gasteiger partial charge in [-0.3, -0.25) is 14.8 Å². The van der Waals surface area contributed by atoms with E-state index in [1.807, 2.05) is 6.92 Å². The lowest BCUT2D eigenvalue weighted by atomic mass is 10.2. The average molecular weight is 507 g/mol. The maximum atomic E-state index is 12.5. The number of ether oxygens (including phenoxy) is 1. The van der Waals surface area contributed by atoms with E-state index in [4.69, 9.17) is 4.74 Å². The third-order valence-electron chi connectivity index (χ3n) is 4.86. The largest absolute Gasteiger partial charge is 0.401 e. The molecular weight excluding hydrogens is 474 g/mol. The van der Waals surface area contributed by atoms with Crippen LogP contribution in [0.4, 0.5) is 13.2 Å². The molecule has 2 aliphatic heterocycles. The number of alkyl halides is 3. The summed E-state index contributed by atoms with van der Waals surface area (Å²) in [6.07, 6.45) is -3.45. The fourth-order valence-electron chi connectivity index (χ4n) is 3.58. The molecule has 0 bridgehead atoms. The van der Waals surface area contributed by atoms with Crippen molar-refractivity contribution < 1.29 is 17.9 Å². The Balaban J connectivity index is 0.00000364. The minimum atomic E-state index is -4.14. The number of hydrogen-bond acceptors (Lipinski definition) is 4. The van der Waals surface area contributed by atoms with Crippen LogP contribution in [0.5, 0.6) is 0 Å². The van der Waals surface area contributed by atoms with E-state index in [1.165, 1.54) is 4.90 Å². The molecule has 2 aliphatic rings. The Hall–Kier alpha value is -0.330. The van der Waals surface area contributed by atoms with Crippen molar-refractivity contribution in [3.63, 3.8) is 0 Å². The lowest BCUT2D eigenvalue weighted by Crippen LogP contribution is -2.50. The molecule has 10 heteroatoms. The summed E-state index contributed by atoms with van der Waals surface area (Å²) in [5.41, 5.74) is 0. The second-order valence-corrected chi connectivity index (χ2v) is 7.21. The number of aliphatic imine (C=N–C) groups is 1. The Morgan fingerprint density at radius 3 is 2.70 bits per heavy atom. The lowest BCUT2D eigenvalue weighted by molar-refractivity contribution is -0.143. The molecule has 3 unspecified atom stereocenters. The molecule has 0 amide bonds. The zero-order chi connectivity index (χ0) is 19.2. The summed E-state index contributed by atoms with van der Waals surface area (Å²) in [5.74, 6) is 0.680. The Bertz CT molecular complexity index is 466. The van der Waals surface area contributed by atoms with E-state index in [-0.39, 0.29) is 36.1 Å². The number of nitrogens with one attached hydrogen (secondary N) is 2. The van der Waals surface area contributed by atoms with Gasteiger partial charge in [0.25, 0.3) is 0 Å². The van der Waals surface area contributed by atoms with Crippen LogP contribution in [0.25, 0.3) is 0 Å². The van der Waals surface area contributed by atoms with Crippen molar-refractivity contribution in [3.8, 4) is 0 Å². The highest BCUT2D eigenvalue weighted by atomic mass is 127. The minimum absolute atomic E-state index is 0. The number of halogens is 4. The summed E-state index contributed by atoms with van der Waals surface area (Å²) in [6, 6.07) is 0.651. The molecule has 0 spiro atoms. The van der Waals surface area contributed by atoms with Crippen LogP contribution in [0.1, 0.15) is 27.2 Å². The van der Waals surface area contributed by atoms with E-state index in [0.717, 1.165) is 19.8 Å². The van der Waals surface area contributed by atoms with Gasteiger partial charge in [0.05, 0.1) is 26.3 Å². The van der Waals surface area contributed by atoms with Crippen molar-refractivity contribution in [3.05, 3.63) is 0 Å². The average Bonchev–Trinajstić information content (AvgIpc) is 2.98. The third kappa shape index (κ3) is 8.70. The van der Waals surface area contributed by atoms with Crippen LogP contribution in [-0.4, -0.2) is 92.5 Å². The second kappa shape index (κ2) is 11.6. The number of morpholine rings is 1. The molecular formula is C17H33F3IN5O. The van der Waals surface area contributed by atoms with Gasteiger partial charge in [0.1, 0.15) is 0 Å². The zero-order valence-corrected chi connectivity index (χ0v) is 18.7. The first kappa shape index (κ1) is 24.7. The molecule has 2 rings (SSSR count). The van der Waals surface area contributed by atoms with Gasteiger partial charge in [0.15, 0.2) is 5.96 Å². The van der Waals surface area contributed by atoms with Gasteiger partial charge < -0.3 is 15.4 Å². The molecule has 27 heavy (non-hydrogen) atoms. The Morgan fingerprint density at radius 1 is 1.33 bits per heavy atom. The second-order valence-electron chi connectivity index (χ2n) is 7.21. The molecule has 2 N–H and O–H groups in total. The first-order chi connectivity index (χ1) is 12.3. The molecule has 0 aromatic carbocycles. The highest BCUT2D eigenvalue weighted by Gasteiger charge is 2.34. The van der Waals surface area contributed by atoms with Gasteiger partial charge in [-0.15, -0.1) is 24.0 Å². The van der Waals surface area contributed by atoms with Gasteiger partial charge in [0.2, 0.25) is 0 Å². The molecule has 160 valence electrons. The molecule has 0 aromatic heterocycles. The van der Waals surface area contributed by atoms with E-state index in [2.05, 4.69) is 34.4 Å². The predicted molar refractivity (Wildman–Crippen MR) is 112 cm³/mol. The minimum Gasteiger partial charge on any atom is -0.379 e. The summed E-state index contributed by atoms with van der Waals surface area (Å²) in [7, 11) is 0. The van der Waals surface area contributed by atoms with Crippen LogP contribution in [0.3, 0.4) is 0 Å². The SMILES string of the molecule is CCNC(=NCC(C)N1CCOCC1C)NC1CCN(CC(F)(F)F)C1.I. The monoisotopic (exact) mass is 507 g/mol. The normalized spacial score (nSPS) is 26.5. The maximum Gasteiger partial charge on any atom is 0.401 e. The Labute approximate surface area is 177 Å². The number of nitrogens with zero attached hydrogens (tertiary/aromatic N) is 3. The van der Waals surface area contributed by atoms with Crippen LogP contribution < -0.4 is 10.6 Å². The molecule has 2 fully saturated rings. The maximum absolute atomic E-state index is 12.5. The summed E-state index contributed by atoms with van der Waals surface area (Å²) >= 11 is 0. The smallest absolute Gasteiger partial charge is 0.379 e. The fourth-order valence-corrected chi connectivity index (χ4v) is 3.58. The number of hydrogen-bond donors (Lipinski definition) is 2. The fraction of sp³-hybridized carbons (Fsp3) is 0.941. The first-order valence-corrected chi connectivity index (χ1v) is 9.46. The van der Waals surface area contributed by atoms with Crippen molar-refractivity contribution >= 4 is 29.9 Å². The van der Waals surface area contributed by atoms with Crippen molar-refractivity contribution in [1.82, 2.24) is 20.4 Å². The predicted octanol–water partition coefficient (Wildman–Crippen LogP) is 1.91. The van der Waals surface area contributed by atoms with Crippen LogP contribution in [-0.2, 0) is 4.74 Å². The number of likely N-dealkylation sites (tertiary alicyclic amines) is 1. The number of guanidine groups is 1. The standard InChI is InChI=1S/C17H32F3N5O.HI/c1-4-21-16(22-9-13(2)25-7-8-26-11-14(25)3)23-15-5-6-24(10-15)12-17(18,19)20;/h13-15H,4-12H2,1-3H3,(H2,21,22,23);1H. The van der Waals surface area contributed by atoms with Gasteiger partial charge >= 0.3 is 6.18 Å². The zero-order valence-electron chi connectivity index (χ0n) is 16.4. The van der Waals surface area contributed by atoms with Crippen LogP contribution in [0.15, 0.2) is 4.99 Å². The van der Waals surface area contributed by atoms with Crippen LogP contribution >= 0.6 is 24.0 Å². The highest BCUT2D eigenvalue weighted by Crippen LogP contribution is 2.20. The molecule has 0 saturated carbocycles. The van der Waals surface area contributed by atoms with E-state index in [9.17, 15) is 13.2 Å². The van der Waals surface area contributed by atoms with Crippen LogP contribution in [0.2, 0.25) is 0 Å². The quantitative estimate of drug-likeness (QED) is 0.327. The summed E-state index contributed by atoms with van der Waals surface area (Å²) in [4.78, 5) is 8.49. The van der Waals surface area contributed by atoms with Crippen molar-refractivity contribution in [2.45, 2.75) is 51.5 Å². The van der Waals surface area contributed by atoms with Crippen molar-refractivity contribution in [2.75, 3.05) is 52.5 Å². The van der Waals surface area contributed by atoms with Crippen molar-refractivity contribution in [1.29, 1.82) is 0 Å². The van der Waals surface area contributed by atoms with Gasteiger partial charge in [-0.25, -0.2) is 0 Å². The topological polar surface area (TPSA) is 52.1 Å². The van der Waals surface area contributed by atoms with Gasteiger partial charge in [0, 0.05) is 44.3 Å². The molecule has 0 radical (unpaired) electrons. The molecule has 0 aromatic rings.